The van der Waals surface area contributed by atoms with Crippen LogP contribution in [0, 0.1) is 11.8 Å². The van der Waals surface area contributed by atoms with Crippen molar-refractivity contribution in [3.05, 3.63) is 0 Å². The van der Waals surface area contributed by atoms with Crippen LogP contribution >= 0.6 is 0 Å². The minimum absolute atomic E-state index is 0.0250. The van der Waals surface area contributed by atoms with E-state index in [0.717, 1.165) is 31.7 Å². The van der Waals surface area contributed by atoms with Crippen molar-refractivity contribution in [2.24, 2.45) is 11.8 Å². The molecule has 0 aromatic rings. The molecule has 0 bridgehead atoms. The van der Waals surface area contributed by atoms with E-state index in [4.69, 9.17) is 4.74 Å². The normalized spacial score (nSPS) is 39.6. The second-order valence-electron chi connectivity index (χ2n) is 5.46. The van der Waals surface area contributed by atoms with Crippen LogP contribution in [-0.4, -0.2) is 24.7 Å². The van der Waals surface area contributed by atoms with Crippen LogP contribution in [-0.2, 0) is 9.53 Å². The lowest BCUT2D eigenvalue weighted by molar-refractivity contribution is -0.156. The highest BCUT2D eigenvalue weighted by molar-refractivity contribution is 5.73. The Bertz CT molecular complexity index is 246. The summed E-state index contributed by atoms with van der Waals surface area (Å²) in [6.07, 6.45) is 5.65. The van der Waals surface area contributed by atoms with E-state index in [1.807, 2.05) is 0 Å². The van der Waals surface area contributed by atoms with E-state index in [-0.39, 0.29) is 24.0 Å². The average molecular weight is 225 g/mol. The van der Waals surface area contributed by atoms with Gasteiger partial charge in [0.05, 0.1) is 5.92 Å². The Labute approximate surface area is 97.9 Å². The van der Waals surface area contributed by atoms with Crippen LogP contribution in [0.2, 0.25) is 0 Å². The highest BCUT2D eigenvalue weighted by Gasteiger charge is 2.32. The standard InChI is InChI=1S/C13H23NO2/c1-9-3-5-11(6-4-9)16-13(15)12-7-8-14-10(12)2/h9-12,14H,3-8H2,1-2H3. The Morgan fingerprint density at radius 2 is 1.81 bits per heavy atom. The average Bonchev–Trinajstić information content (AvgIpc) is 2.68. The number of carbonyl (C=O) groups excluding carboxylic acids is 1. The first kappa shape index (κ1) is 11.9. The number of rotatable bonds is 2. The summed E-state index contributed by atoms with van der Waals surface area (Å²) in [7, 11) is 0. The third-order valence-electron chi connectivity index (χ3n) is 4.07. The quantitative estimate of drug-likeness (QED) is 0.731. The van der Waals surface area contributed by atoms with E-state index in [9.17, 15) is 4.79 Å². The van der Waals surface area contributed by atoms with Gasteiger partial charge in [-0.15, -0.1) is 0 Å². The van der Waals surface area contributed by atoms with E-state index >= 15 is 0 Å². The summed E-state index contributed by atoms with van der Waals surface area (Å²) in [6.45, 7) is 5.30. The van der Waals surface area contributed by atoms with Crippen molar-refractivity contribution in [1.29, 1.82) is 0 Å². The largest absolute Gasteiger partial charge is 0.462 e. The first-order valence-electron chi connectivity index (χ1n) is 6.60. The van der Waals surface area contributed by atoms with Crippen LogP contribution < -0.4 is 5.32 Å². The molecule has 0 spiro atoms. The van der Waals surface area contributed by atoms with Gasteiger partial charge in [-0.2, -0.15) is 0 Å². The molecule has 0 aromatic heterocycles. The third-order valence-corrected chi connectivity index (χ3v) is 4.07. The van der Waals surface area contributed by atoms with Gasteiger partial charge in [-0.1, -0.05) is 6.92 Å². The van der Waals surface area contributed by atoms with Crippen LogP contribution in [0.25, 0.3) is 0 Å². The molecule has 92 valence electrons. The Hall–Kier alpha value is -0.570. The molecule has 1 aliphatic carbocycles. The molecule has 16 heavy (non-hydrogen) atoms. The molecule has 1 N–H and O–H groups in total. The second-order valence-corrected chi connectivity index (χ2v) is 5.46. The highest BCUT2D eigenvalue weighted by Crippen LogP contribution is 2.27. The zero-order valence-electron chi connectivity index (χ0n) is 10.4. The molecule has 1 heterocycles. The highest BCUT2D eigenvalue weighted by atomic mass is 16.5. The van der Waals surface area contributed by atoms with Crippen LogP contribution in [0.4, 0.5) is 0 Å². The zero-order chi connectivity index (χ0) is 11.5. The van der Waals surface area contributed by atoms with E-state index in [1.165, 1.54) is 12.8 Å². The van der Waals surface area contributed by atoms with Crippen molar-refractivity contribution in [1.82, 2.24) is 5.32 Å². The molecular formula is C13H23NO2. The molecule has 0 aromatic carbocycles. The molecule has 0 radical (unpaired) electrons. The fourth-order valence-corrected chi connectivity index (χ4v) is 2.78. The smallest absolute Gasteiger partial charge is 0.310 e. The number of hydrogen-bond acceptors (Lipinski definition) is 3. The summed E-state index contributed by atoms with van der Waals surface area (Å²) in [5, 5.41) is 3.29. The number of carbonyl (C=O) groups is 1. The zero-order valence-corrected chi connectivity index (χ0v) is 10.4. The molecule has 1 saturated carbocycles. The summed E-state index contributed by atoms with van der Waals surface area (Å²) >= 11 is 0. The third kappa shape index (κ3) is 2.76. The van der Waals surface area contributed by atoms with E-state index in [2.05, 4.69) is 19.2 Å². The molecule has 1 aliphatic heterocycles. The van der Waals surface area contributed by atoms with Gasteiger partial charge in [0, 0.05) is 6.04 Å². The minimum atomic E-state index is 0.0250. The molecule has 0 amide bonds. The van der Waals surface area contributed by atoms with Gasteiger partial charge >= 0.3 is 5.97 Å². The lowest BCUT2D eigenvalue weighted by Gasteiger charge is -2.27. The summed E-state index contributed by atoms with van der Waals surface area (Å²) < 4.78 is 5.62. The van der Waals surface area contributed by atoms with E-state index in [1.54, 1.807) is 0 Å². The summed E-state index contributed by atoms with van der Waals surface area (Å²) in [5.41, 5.74) is 0. The molecule has 2 unspecified atom stereocenters. The maximum absolute atomic E-state index is 11.9. The van der Waals surface area contributed by atoms with Gasteiger partial charge < -0.3 is 10.1 Å². The van der Waals surface area contributed by atoms with Crippen molar-refractivity contribution in [2.75, 3.05) is 6.54 Å². The van der Waals surface area contributed by atoms with Gasteiger partial charge in [-0.25, -0.2) is 0 Å². The number of ether oxygens (including phenoxy) is 1. The monoisotopic (exact) mass is 225 g/mol. The van der Waals surface area contributed by atoms with Gasteiger partial charge in [-0.05, 0) is 51.5 Å². The molecule has 3 heteroatoms. The van der Waals surface area contributed by atoms with Crippen molar-refractivity contribution in [3.8, 4) is 0 Å². The number of nitrogens with one attached hydrogen (secondary N) is 1. The molecule has 2 fully saturated rings. The van der Waals surface area contributed by atoms with Crippen molar-refractivity contribution >= 4 is 5.97 Å². The maximum atomic E-state index is 11.9. The SMILES string of the molecule is CC1CCC(OC(=O)C2CCNC2C)CC1. The number of hydrogen-bond donors (Lipinski definition) is 1. The van der Waals surface area contributed by atoms with Gasteiger partial charge in [0.15, 0.2) is 0 Å². The molecular weight excluding hydrogens is 202 g/mol. The lowest BCUT2D eigenvalue weighted by Crippen LogP contribution is -2.33. The first-order chi connectivity index (χ1) is 7.66. The fraction of sp³-hybridized carbons (Fsp3) is 0.923. The maximum Gasteiger partial charge on any atom is 0.310 e. The van der Waals surface area contributed by atoms with Crippen LogP contribution in [0.15, 0.2) is 0 Å². The predicted molar refractivity (Wildman–Crippen MR) is 63.1 cm³/mol. The Morgan fingerprint density at radius 3 is 2.38 bits per heavy atom. The van der Waals surface area contributed by atoms with Crippen LogP contribution in [0.1, 0.15) is 46.0 Å². The first-order valence-corrected chi connectivity index (χ1v) is 6.60. The molecule has 2 aliphatic rings. The van der Waals surface area contributed by atoms with E-state index < -0.39 is 0 Å². The fourth-order valence-electron chi connectivity index (χ4n) is 2.78. The lowest BCUT2D eigenvalue weighted by atomic mass is 9.89. The van der Waals surface area contributed by atoms with Gasteiger partial charge in [0.1, 0.15) is 6.10 Å². The Morgan fingerprint density at radius 1 is 1.12 bits per heavy atom. The summed E-state index contributed by atoms with van der Waals surface area (Å²) in [5.74, 6) is 0.915. The van der Waals surface area contributed by atoms with E-state index in [0.29, 0.717) is 0 Å². The molecule has 1 saturated heterocycles. The van der Waals surface area contributed by atoms with Gasteiger partial charge in [0.2, 0.25) is 0 Å². The van der Waals surface area contributed by atoms with Crippen molar-refractivity contribution in [2.45, 2.75) is 58.1 Å². The summed E-state index contributed by atoms with van der Waals surface area (Å²) in [4.78, 5) is 11.9. The molecule has 3 nitrogen and oxygen atoms in total. The predicted octanol–water partition coefficient (Wildman–Crippen LogP) is 2.11. The van der Waals surface area contributed by atoms with Gasteiger partial charge in [0.25, 0.3) is 0 Å². The molecule has 2 atom stereocenters. The van der Waals surface area contributed by atoms with Crippen LogP contribution in [0.5, 0.6) is 0 Å². The Kier molecular flexibility index (Phi) is 3.85. The number of esters is 1. The molecule has 2 rings (SSSR count). The van der Waals surface area contributed by atoms with Crippen molar-refractivity contribution in [3.63, 3.8) is 0 Å². The second kappa shape index (κ2) is 5.17. The van der Waals surface area contributed by atoms with Gasteiger partial charge in [-0.3, -0.25) is 4.79 Å². The topological polar surface area (TPSA) is 38.3 Å². The Balaban J connectivity index is 1.78. The van der Waals surface area contributed by atoms with Crippen molar-refractivity contribution < 1.29 is 9.53 Å². The van der Waals surface area contributed by atoms with Crippen LogP contribution in [0.3, 0.4) is 0 Å². The minimum Gasteiger partial charge on any atom is -0.462 e. The summed E-state index contributed by atoms with van der Waals surface area (Å²) in [6, 6.07) is 0.287.